The van der Waals surface area contributed by atoms with Crippen LogP contribution in [0.3, 0.4) is 0 Å². The van der Waals surface area contributed by atoms with Crippen LogP contribution in [0.15, 0.2) is 48.5 Å². The van der Waals surface area contributed by atoms with E-state index in [0.717, 1.165) is 45.3 Å². The Kier molecular flexibility index (Phi) is 8.73. The number of nitrogens with one attached hydrogen (secondary N) is 2. The molecule has 2 amide bonds. The van der Waals surface area contributed by atoms with Crippen LogP contribution >= 0.6 is 0 Å². The highest BCUT2D eigenvalue weighted by Gasteiger charge is 2.39. The number of hydroxylamine groups is 1. The number of halogens is 1. The van der Waals surface area contributed by atoms with E-state index in [2.05, 4.69) is 34.2 Å². The molecule has 0 spiro atoms. The Hall–Kier alpha value is -3.29. The number of hydrogen-bond donors (Lipinski definition) is 4. The molecule has 0 aliphatic carbocycles. The maximum Gasteiger partial charge on any atom is 0.268 e. The summed E-state index contributed by atoms with van der Waals surface area (Å²) in [6, 6.07) is 12.6. The van der Waals surface area contributed by atoms with Gasteiger partial charge in [-0.3, -0.25) is 19.7 Å². The number of nitrogens with zero attached hydrogens (tertiary/aromatic N) is 1. The van der Waals surface area contributed by atoms with E-state index in [-0.39, 0.29) is 5.56 Å². The standard InChI is InChI=1S/C25H28FN3O5/c1-25(32,17-26)22(24(31)28-33)27-23(30)21-10-8-19(9-11-21)3-2-18-4-6-20(7-5-18)16-29-12-14-34-15-13-29/h4-11,22,32-33H,12-17H2,1H3,(H,27,30)(H,28,31). The number of morpholine rings is 1. The van der Waals surface area contributed by atoms with Gasteiger partial charge in [0.05, 0.1) is 13.2 Å². The SMILES string of the molecule is CC(O)(CF)C(NC(=O)c1ccc(C#Cc2ccc(CN3CCOCC3)cc2)cc1)C(=O)NO. The Labute approximate surface area is 197 Å². The second-order valence-electron chi connectivity index (χ2n) is 8.29. The fraction of sp³-hybridized carbons (Fsp3) is 0.360. The molecule has 180 valence electrons. The van der Waals surface area contributed by atoms with Gasteiger partial charge in [0.1, 0.15) is 18.3 Å². The highest BCUT2D eigenvalue weighted by molar-refractivity contribution is 5.97. The first kappa shape index (κ1) is 25.3. The molecule has 9 heteroatoms. The summed E-state index contributed by atoms with van der Waals surface area (Å²) in [5.41, 5.74) is 2.06. The zero-order valence-corrected chi connectivity index (χ0v) is 18.9. The highest BCUT2D eigenvalue weighted by atomic mass is 19.1. The van der Waals surface area contributed by atoms with Crippen LogP contribution in [0.2, 0.25) is 0 Å². The van der Waals surface area contributed by atoms with E-state index in [0.29, 0.717) is 5.56 Å². The summed E-state index contributed by atoms with van der Waals surface area (Å²) in [6.45, 7) is 4.01. The molecule has 0 aromatic heterocycles. The molecule has 1 aliphatic rings. The molecule has 0 saturated carbocycles. The van der Waals surface area contributed by atoms with Crippen LogP contribution < -0.4 is 10.8 Å². The van der Waals surface area contributed by atoms with Crippen LogP contribution in [-0.2, 0) is 16.1 Å². The monoisotopic (exact) mass is 469 g/mol. The highest BCUT2D eigenvalue weighted by Crippen LogP contribution is 2.13. The van der Waals surface area contributed by atoms with Gasteiger partial charge in [-0.2, -0.15) is 0 Å². The Morgan fingerprint density at radius 2 is 1.65 bits per heavy atom. The molecule has 2 unspecified atom stereocenters. The topological polar surface area (TPSA) is 111 Å². The number of amides is 2. The Morgan fingerprint density at radius 3 is 2.18 bits per heavy atom. The molecule has 1 heterocycles. The van der Waals surface area contributed by atoms with Crippen molar-refractivity contribution in [3.8, 4) is 11.8 Å². The summed E-state index contributed by atoms with van der Waals surface area (Å²) in [6.07, 6.45) is 0. The van der Waals surface area contributed by atoms with Gasteiger partial charge in [-0.1, -0.05) is 24.0 Å². The summed E-state index contributed by atoms with van der Waals surface area (Å²) in [5, 5.41) is 21.1. The van der Waals surface area contributed by atoms with Crippen molar-refractivity contribution >= 4 is 11.8 Å². The zero-order valence-electron chi connectivity index (χ0n) is 18.9. The fourth-order valence-corrected chi connectivity index (χ4v) is 3.42. The predicted molar refractivity (Wildman–Crippen MR) is 123 cm³/mol. The molecule has 0 radical (unpaired) electrons. The molecule has 34 heavy (non-hydrogen) atoms. The third-order valence-electron chi connectivity index (χ3n) is 5.50. The minimum Gasteiger partial charge on any atom is -0.385 e. The van der Waals surface area contributed by atoms with Gasteiger partial charge in [-0.15, -0.1) is 0 Å². The van der Waals surface area contributed by atoms with Gasteiger partial charge in [-0.25, -0.2) is 9.87 Å². The van der Waals surface area contributed by atoms with Crippen LogP contribution in [0.4, 0.5) is 4.39 Å². The molecule has 3 rings (SSSR count). The maximum absolute atomic E-state index is 13.1. The van der Waals surface area contributed by atoms with Crippen molar-refractivity contribution in [3.05, 3.63) is 70.8 Å². The third-order valence-corrected chi connectivity index (χ3v) is 5.50. The van der Waals surface area contributed by atoms with Crippen LogP contribution in [0, 0.1) is 11.8 Å². The van der Waals surface area contributed by atoms with Gasteiger partial charge in [0.2, 0.25) is 0 Å². The van der Waals surface area contributed by atoms with Gasteiger partial charge < -0.3 is 15.2 Å². The number of carbonyl (C=O) groups is 2. The lowest BCUT2D eigenvalue weighted by molar-refractivity contribution is -0.138. The van der Waals surface area contributed by atoms with Crippen molar-refractivity contribution in [2.75, 3.05) is 33.0 Å². The van der Waals surface area contributed by atoms with E-state index in [4.69, 9.17) is 9.94 Å². The van der Waals surface area contributed by atoms with Gasteiger partial charge in [0.15, 0.2) is 0 Å². The van der Waals surface area contributed by atoms with Crippen molar-refractivity contribution in [1.29, 1.82) is 0 Å². The lowest BCUT2D eigenvalue weighted by Crippen LogP contribution is -2.59. The second-order valence-corrected chi connectivity index (χ2v) is 8.29. The van der Waals surface area contributed by atoms with Crippen LogP contribution in [0.25, 0.3) is 0 Å². The molecule has 1 saturated heterocycles. The molecule has 1 aliphatic heterocycles. The van der Waals surface area contributed by atoms with Crippen LogP contribution in [0.5, 0.6) is 0 Å². The molecule has 2 atom stereocenters. The van der Waals surface area contributed by atoms with E-state index in [1.165, 1.54) is 23.2 Å². The zero-order chi connectivity index (χ0) is 24.6. The van der Waals surface area contributed by atoms with E-state index in [1.807, 2.05) is 12.1 Å². The maximum atomic E-state index is 13.1. The fourth-order valence-electron chi connectivity index (χ4n) is 3.42. The summed E-state index contributed by atoms with van der Waals surface area (Å²) in [4.78, 5) is 26.5. The van der Waals surface area contributed by atoms with Gasteiger partial charge in [0, 0.05) is 36.3 Å². The smallest absolute Gasteiger partial charge is 0.268 e. The van der Waals surface area contributed by atoms with E-state index >= 15 is 0 Å². The first-order chi connectivity index (χ1) is 16.3. The number of carbonyl (C=O) groups excluding carboxylic acids is 2. The first-order valence-electron chi connectivity index (χ1n) is 10.9. The number of alkyl halides is 1. The van der Waals surface area contributed by atoms with E-state index in [9.17, 15) is 19.1 Å². The van der Waals surface area contributed by atoms with E-state index < -0.39 is 30.1 Å². The lowest BCUT2D eigenvalue weighted by Gasteiger charge is -2.29. The second kappa shape index (κ2) is 11.7. The molecule has 4 N–H and O–H groups in total. The molecule has 8 nitrogen and oxygen atoms in total. The first-order valence-corrected chi connectivity index (χ1v) is 10.9. The van der Waals surface area contributed by atoms with Crippen LogP contribution in [-0.4, -0.2) is 71.6 Å². The van der Waals surface area contributed by atoms with Crippen molar-refractivity contribution in [3.63, 3.8) is 0 Å². The number of rotatable bonds is 7. The van der Waals surface area contributed by atoms with Crippen molar-refractivity contribution in [2.45, 2.75) is 25.1 Å². The Balaban J connectivity index is 1.61. The van der Waals surface area contributed by atoms with Crippen LogP contribution in [0.1, 0.15) is 34.0 Å². The van der Waals surface area contributed by atoms with Crippen molar-refractivity contribution in [2.24, 2.45) is 0 Å². The van der Waals surface area contributed by atoms with E-state index in [1.54, 1.807) is 12.1 Å². The molecular formula is C25H28FN3O5. The average molecular weight is 470 g/mol. The van der Waals surface area contributed by atoms with Gasteiger partial charge in [-0.05, 0) is 48.9 Å². The van der Waals surface area contributed by atoms with Gasteiger partial charge in [0.25, 0.3) is 11.8 Å². The normalized spacial score (nSPS) is 16.5. The summed E-state index contributed by atoms with van der Waals surface area (Å²) >= 11 is 0. The molecule has 2 aromatic carbocycles. The predicted octanol–water partition coefficient (Wildman–Crippen LogP) is 1.24. The summed E-state index contributed by atoms with van der Waals surface area (Å²) < 4.78 is 18.5. The minimum absolute atomic E-state index is 0.184. The molecule has 2 aromatic rings. The number of hydrogen-bond acceptors (Lipinski definition) is 6. The number of aliphatic hydroxyl groups is 1. The van der Waals surface area contributed by atoms with Gasteiger partial charge >= 0.3 is 0 Å². The lowest BCUT2D eigenvalue weighted by atomic mass is 9.97. The van der Waals surface area contributed by atoms with Crippen molar-refractivity contribution in [1.82, 2.24) is 15.7 Å². The minimum atomic E-state index is -2.19. The number of ether oxygens (including phenoxy) is 1. The Bertz CT molecular complexity index is 1040. The Morgan fingerprint density at radius 1 is 1.09 bits per heavy atom. The third kappa shape index (κ3) is 6.85. The molecular weight excluding hydrogens is 441 g/mol. The average Bonchev–Trinajstić information content (AvgIpc) is 2.87. The molecule has 1 fully saturated rings. The summed E-state index contributed by atoms with van der Waals surface area (Å²) in [7, 11) is 0. The molecule has 0 bridgehead atoms. The van der Waals surface area contributed by atoms with Crippen molar-refractivity contribution < 1.29 is 29.0 Å². The number of benzene rings is 2. The largest absolute Gasteiger partial charge is 0.385 e. The summed E-state index contributed by atoms with van der Waals surface area (Å²) in [5.74, 6) is 4.28. The quantitative estimate of drug-likeness (QED) is 0.276.